The number of guanidine groups is 1. The highest BCUT2D eigenvalue weighted by molar-refractivity contribution is 5.99. The Kier molecular flexibility index (Phi) is 8.14. The topological polar surface area (TPSA) is 84.0 Å². The predicted molar refractivity (Wildman–Crippen MR) is 114 cm³/mol. The molecule has 2 aromatic carbocycles. The number of carbonyl (C=O) groups excluding carboxylic acids is 1. The third kappa shape index (κ3) is 6.19. The molecular formula is C21H28N4O3. The first-order valence-corrected chi connectivity index (χ1v) is 9.26. The number of aryl methyl sites for hydroxylation is 1. The Labute approximate surface area is 166 Å². The average Bonchev–Trinajstić information content (AvgIpc) is 2.71. The number of anilines is 2. The molecule has 1 amide bonds. The van der Waals surface area contributed by atoms with E-state index in [2.05, 4.69) is 27.9 Å². The summed E-state index contributed by atoms with van der Waals surface area (Å²) in [5.74, 6) is 1.62. The molecule has 2 aromatic rings. The Hall–Kier alpha value is -3.22. The number of aliphatic imine (C=N–C) groups is 1. The van der Waals surface area contributed by atoms with Crippen LogP contribution in [-0.2, 0) is 11.2 Å². The van der Waals surface area contributed by atoms with Crippen LogP contribution < -0.4 is 25.4 Å². The van der Waals surface area contributed by atoms with Crippen molar-refractivity contribution in [1.29, 1.82) is 0 Å². The van der Waals surface area contributed by atoms with Gasteiger partial charge in [0.15, 0.2) is 17.5 Å². The molecule has 0 bridgehead atoms. The number of hydrogen-bond acceptors (Lipinski definition) is 4. The van der Waals surface area contributed by atoms with Crippen LogP contribution in [0.25, 0.3) is 0 Å². The molecule has 0 aliphatic rings. The van der Waals surface area contributed by atoms with E-state index in [0.29, 0.717) is 24.1 Å². The lowest BCUT2D eigenvalue weighted by molar-refractivity contribution is -0.115. The normalized spacial score (nSPS) is 10.9. The molecule has 7 heteroatoms. The van der Waals surface area contributed by atoms with Gasteiger partial charge in [0.1, 0.15) is 0 Å². The minimum absolute atomic E-state index is 0.0878. The van der Waals surface area contributed by atoms with Crippen LogP contribution in [0.1, 0.15) is 19.4 Å². The van der Waals surface area contributed by atoms with Crippen LogP contribution in [0.15, 0.2) is 47.5 Å². The second-order valence-corrected chi connectivity index (χ2v) is 5.95. The Morgan fingerprint density at radius 1 is 1.04 bits per heavy atom. The summed E-state index contributed by atoms with van der Waals surface area (Å²) in [4.78, 5) is 16.4. The van der Waals surface area contributed by atoms with Gasteiger partial charge in [0.25, 0.3) is 0 Å². The minimum Gasteiger partial charge on any atom is -0.493 e. The van der Waals surface area contributed by atoms with Crippen molar-refractivity contribution in [3.8, 4) is 11.5 Å². The molecule has 0 radical (unpaired) electrons. The van der Waals surface area contributed by atoms with E-state index in [4.69, 9.17) is 9.47 Å². The number of nitrogens with one attached hydrogen (secondary N) is 3. The molecule has 0 aliphatic heterocycles. The molecule has 0 saturated heterocycles. The van der Waals surface area contributed by atoms with E-state index >= 15 is 0 Å². The van der Waals surface area contributed by atoms with Crippen molar-refractivity contribution < 1.29 is 14.3 Å². The van der Waals surface area contributed by atoms with Gasteiger partial charge in [0.2, 0.25) is 5.91 Å². The molecule has 0 spiro atoms. The third-order valence-corrected chi connectivity index (χ3v) is 3.99. The van der Waals surface area contributed by atoms with Crippen molar-refractivity contribution in [1.82, 2.24) is 5.32 Å². The number of rotatable bonds is 8. The largest absolute Gasteiger partial charge is 0.493 e. The molecule has 0 fully saturated rings. The van der Waals surface area contributed by atoms with Gasteiger partial charge in [-0.15, -0.1) is 0 Å². The van der Waals surface area contributed by atoms with Crippen molar-refractivity contribution in [2.45, 2.75) is 20.3 Å². The van der Waals surface area contributed by atoms with E-state index in [1.165, 1.54) is 5.56 Å². The Morgan fingerprint density at radius 2 is 1.82 bits per heavy atom. The summed E-state index contributed by atoms with van der Waals surface area (Å²) < 4.78 is 10.9. The Bertz CT molecular complexity index is 821. The van der Waals surface area contributed by atoms with Gasteiger partial charge in [0, 0.05) is 24.5 Å². The number of carbonyl (C=O) groups is 1. The van der Waals surface area contributed by atoms with Crippen molar-refractivity contribution in [2.75, 3.05) is 37.9 Å². The quantitative estimate of drug-likeness (QED) is 0.480. The van der Waals surface area contributed by atoms with Gasteiger partial charge >= 0.3 is 0 Å². The lowest BCUT2D eigenvalue weighted by atomic mass is 10.1. The SMILES string of the molecule is CCOc1cc(NC(=NC)NCC(=O)Nc2cccc(CC)c2)ccc1OC. The van der Waals surface area contributed by atoms with E-state index in [1.807, 2.05) is 49.4 Å². The number of nitrogens with zero attached hydrogens (tertiary/aromatic N) is 1. The molecule has 0 aromatic heterocycles. The molecule has 28 heavy (non-hydrogen) atoms. The summed E-state index contributed by atoms with van der Waals surface area (Å²) in [6.07, 6.45) is 0.921. The van der Waals surface area contributed by atoms with Gasteiger partial charge in [-0.25, -0.2) is 0 Å². The van der Waals surface area contributed by atoms with Crippen molar-refractivity contribution in [2.24, 2.45) is 4.99 Å². The number of methoxy groups -OCH3 is 1. The van der Waals surface area contributed by atoms with Gasteiger partial charge < -0.3 is 25.4 Å². The maximum absolute atomic E-state index is 12.2. The highest BCUT2D eigenvalue weighted by Gasteiger charge is 2.08. The van der Waals surface area contributed by atoms with Gasteiger partial charge in [-0.3, -0.25) is 9.79 Å². The van der Waals surface area contributed by atoms with Crippen molar-refractivity contribution in [3.63, 3.8) is 0 Å². The maximum Gasteiger partial charge on any atom is 0.243 e. The zero-order chi connectivity index (χ0) is 20.4. The highest BCUT2D eigenvalue weighted by Crippen LogP contribution is 2.30. The Balaban J connectivity index is 1.93. The molecule has 3 N–H and O–H groups in total. The van der Waals surface area contributed by atoms with Crippen LogP contribution in [0, 0.1) is 0 Å². The summed E-state index contributed by atoms with van der Waals surface area (Å²) in [6, 6.07) is 13.3. The standard InChI is InChI=1S/C21H28N4O3/c1-5-15-8-7-9-16(12-15)24-20(26)14-23-21(22-3)25-17-10-11-18(27-4)19(13-17)28-6-2/h7-13H,5-6,14H2,1-4H3,(H,24,26)(H2,22,23,25). The summed E-state index contributed by atoms with van der Waals surface area (Å²) in [7, 11) is 3.24. The third-order valence-electron chi connectivity index (χ3n) is 3.99. The fourth-order valence-electron chi connectivity index (χ4n) is 2.58. The molecule has 0 atom stereocenters. The van der Waals surface area contributed by atoms with Crippen molar-refractivity contribution in [3.05, 3.63) is 48.0 Å². The van der Waals surface area contributed by atoms with Crippen LogP contribution in [0.4, 0.5) is 11.4 Å². The second-order valence-electron chi connectivity index (χ2n) is 5.95. The first-order valence-electron chi connectivity index (χ1n) is 9.26. The van der Waals surface area contributed by atoms with Crippen LogP contribution in [0.2, 0.25) is 0 Å². The predicted octanol–water partition coefficient (Wildman–Crippen LogP) is 3.28. The van der Waals surface area contributed by atoms with Gasteiger partial charge in [0.05, 0.1) is 20.3 Å². The molecule has 150 valence electrons. The first-order chi connectivity index (χ1) is 13.6. The molecule has 0 unspecified atom stereocenters. The number of ether oxygens (including phenoxy) is 2. The molecule has 0 saturated carbocycles. The molecule has 7 nitrogen and oxygen atoms in total. The summed E-state index contributed by atoms with van der Waals surface area (Å²) in [5.41, 5.74) is 2.73. The highest BCUT2D eigenvalue weighted by atomic mass is 16.5. The first kappa shape index (κ1) is 21.1. The zero-order valence-corrected chi connectivity index (χ0v) is 16.8. The van der Waals surface area contributed by atoms with Crippen LogP contribution in [0.3, 0.4) is 0 Å². The fourth-order valence-corrected chi connectivity index (χ4v) is 2.58. The number of hydrogen-bond donors (Lipinski definition) is 3. The summed E-state index contributed by atoms with van der Waals surface area (Å²) >= 11 is 0. The van der Waals surface area contributed by atoms with Gasteiger partial charge in [-0.2, -0.15) is 0 Å². The van der Waals surface area contributed by atoms with Gasteiger partial charge in [-0.1, -0.05) is 19.1 Å². The smallest absolute Gasteiger partial charge is 0.243 e. The maximum atomic E-state index is 12.2. The lowest BCUT2D eigenvalue weighted by Gasteiger charge is -2.14. The minimum atomic E-state index is -0.152. The average molecular weight is 384 g/mol. The lowest BCUT2D eigenvalue weighted by Crippen LogP contribution is -2.37. The molecule has 0 heterocycles. The molecular weight excluding hydrogens is 356 g/mol. The van der Waals surface area contributed by atoms with Crippen LogP contribution in [-0.4, -0.2) is 39.2 Å². The summed E-state index contributed by atoms with van der Waals surface area (Å²) in [6.45, 7) is 4.61. The van der Waals surface area contributed by atoms with E-state index in [-0.39, 0.29) is 12.5 Å². The Morgan fingerprint density at radius 3 is 2.50 bits per heavy atom. The summed E-state index contributed by atoms with van der Waals surface area (Å²) in [5, 5.41) is 9.02. The van der Waals surface area contributed by atoms with E-state index in [1.54, 1.807) is 14.2 Å². The van der Waals surface area contributed by atoms with E-state index < -0.39 is 0 Å². The second kappa shape index (κ2) is 10.8. The van der Waals surface area contributed by atoms with E-state index in [0.717, 1.165) is 17.8 Å². The van der Waals surface area contributed by atoms with Gasteiger partial charge in [-0.05, 0) is 43.2 Å². The monoisotopic (exact) mass is 384 g/mol. The number of amides is 1. The van der Waals surface area contributed by atoms with Crippen molar-refractivity contribution >= 4 is 23.2 Å². The zero-order valence-electron chi connectivity index (χ0n) is 16.8. The molecule has 0 aliphatic carbocycles. The van der Waals surface area contributed by atoms with E-state index in [9.17, 15) is 4.79 Å². The fraction of sp³-hybridized carbons (Fsp3) is 0.333. The number of benzene rings is 2. The molecule has 2 rings (SSSR count). The van der Waals surface area contributed by atoms with Crippen LogP contribution >= 0.6 is 0 Å². The van der Waals surface area contributed by atoms with Crippen LogP contribution in [0.5, 0.6) is 11.5 Å².